The lowest BCUT2D eigenvalue weighted by Crippen LogP contribution is -2.42. The number of oxazole rings is 1. The molecule has 7 nitrogen and oxygen atoms in total. The van der Waals surface area contributed by atoms with E-state index in [1.165, 1.54) is 57.3 Å². The normalized spacial score (nSPS) is 16.0. The minimum absolute atomic E-state index is 0.0949. The van der Waals surface area contributed by atoms with Crippen LogP contribution in [-0.4, -0.2) is 60.9 Å². The zero-order valence-electron chi connectivity index (χ0n) is 16.6. The summed E-state index contributed by atoms with van der Waals surface area (Å²) in [6.45, 7) is 2.73. The molecular weight excluding hydrogens is 398 g/mol. The molecule has 3 rings (SSSR count). The molecule has 0 aliphatic heterocycles. The summed E-state index contributed by atoms with van der Waals surface area (Å²) in [6.07, 6.45) is 5.79. The van der Waals surface area contributed by atoms with E-state index in [1.54, 1.807) is 6.07 Å². The second-order valence-corrected chi connectivity index (χ2v) is 10.2. The maximum Gasteiger partial charge on any atom is 0.257 e. The number of rotatable bonds is 7. The summed E-state index contributed by atoms with van der Waals surface area (Å²) in [4.78, 5) is 19.2. The Morgan fingerprint density at radius 2 is 1.96 bits per heavy atom. The summed E-state index contributed by atoms with van der Waals surface area (Å²) in [7, 11) is -0.554. The van der Waals surface area contributed by atoms with Crippen LogP contribution in [0.2, 0.25) is 0 Å². The number of thioether (sulfide) groups is 1. The largest absolute Gasteiger partial charge is 0.431 e. The highest BCUT2D eigenvalue weighted by Gasteiger charge is 2.25. The lowest BCUT2D eigenvalue weighted by atomic mass is 9.94. The monoisotopic (exact) mass is 425 g/mol. The molecule has 1 fully saturated rings. The van der Waals surface area contributed by atoms with Gasteiger partial charge in [-0.1, -0.05) is 31.0 Å². The Kier molecular flexibility index (Phi) is 6.67. The lowest BCUT2D eigenvalue weighted by Gasteiger charge is -2.33. The number of carbonyl (C=O) groups is 1. The van der Waals surface area contributed by atoms with Gasteiger partial charge in [0.05, 0.1) is 10.6 Å². The molecule has 1 aromatic carbocycles. The molecule has 0 saturated heterocycles. The first-order chi connectivity index (χ1) is 13.3. The summed E-state index contributed by atoms with van der Waals surface area (Å²) >= 11 is 1.25. The topological polar surface area (TPSA) is 83.7 Å². The van der Waals surface area contributed by atoms with Crippen LogP contribution in [0.25, 0.3) is 11.1 Å². The van der Waals surface area contributed by atoms with E-state index in [4.69, 9.17) is 4.42 Å². The number of nitrogens with zero attached hydrogens (tertiary/aromatic N) is 3. The maximum atomic E-state index is 12.7. The fourth-order valence-corrected chi connectivity index (χ4v) is 5.20. The lowest BCUT2D eigenvalue weighted by molar-refractivity contribution is -0.131. The van der Waals surface area contributed by atoms with Crippen LogP contribution < -0.4 is 0 Å². The summed E-state index contributed by atoms with van der Waals surface area (Å²) in [5.41, 5.74) is 0.977. The molecule has 0 N–H and O–H groups in total. The van der Waals surface area contributed by atoms with Gasteiger partial charge in [0.15, 0.2) is 5.58 Å². The first-order valence-corrected chi connectivity index (χ1v) is 12.0. The number of aromatic nitrogens is 1. The Balaban J connectivity index is 1.69. The second kappa shape index (κ2) is 8.84. The molecule has 1 saturated carbocycles. The number of benzene rings is 1. The van der Waals surface area contributed by atoms with Crippen molar-refractivity contribution in [2.24, 2.45) is 0 Å². The van der Waals surface area contributed by atoms with Gasteiger partial charge in [-0.2, -0.15) is 0 Å². The van der Waals surface area contributed by atoms with Crippen LogP contribution in [0.5, 0.6) is 0 Å². The van der Waals surface area contributed by atoms with E-state index < -0.39 is 10.0 Å². The van der Waals surface area contributed by atoms with Gasteiger partial charge in [-0.25, -0.2) is 17.7 Å². The quantitative estimate of drug-likeness (QED) is 0.633. The highest BCUT2D eigenvalue weighted by molar-refractivity contribution is 7.99. The third-order valence-corrected chi connectivity index (χ3v) is 7.74. The smallest absolute Gasteiger partial charge is 0.257 e. The van der Waals surface area contributed by atoms with Crippen molar-refractivity contribution in [3.8, 4) is 0 Å². The molecule has 0 radical (unpaired) electrons. The number of carbonyl (C=O) groups excluding carboxylic acids is 1. The van der Waals surface area contributed by atoms with E-state index in [1.807, 2.05) is 11.8 Å². The van der Waals surface area contributed by atoms with Crippen molar-refractivity contribution in [3.63, 3.8) is 0 Å². The van der Waals surface area contributed by atoms with Gasteiger partial charge >= 0.3 is 0 Å². The molecule has 0 unspecified atom stereocenters. The summed E-state index contributed by atoms with van der Waals surface area (Å²) in [6, 6.07) is 4.95. The van der Waals surface area contributed by atoms with Gasteiger partial charge in [-0.05, 0) is 38.0 Å². The highest BCUT2D eigenvalue weighted by atomic mass is 32.2. The zero-order chi connectivity index (χ0) is 20.3. The van der Waals surface area contributed by atoms with Crippen molar-refractivity contribution < 1.29 is 17.6 Å². The highest BCUT2D eigenvalue weighted by Crippen LogP contribution is 2.28. The van der Waals surface area contributed by atoms with Gasteiger partial charge in [0, 0.05) is 26.7 Å². The van der Waals surface area contributed by atoms with Crippen LogP contribution in [-0.2, 0) is 14.8 Å². The van der Waals surface area contributed by atoms with Gasteiger partial charge in [0.1, 0.15) is 5.52 Å². The van der Waals surface area contributed by atoms with E-state index in [0.29, 0.717) is 28.9 Å². The van der Waals surface area contributed by atoms with Crippen LogP contribution in [0.15, 0.2) is 32.7 Å². The third kappa shape index (κ3) is 4.52. The molecule has 1 heterocycles. The van der Waals surface area contributed by atoms with Gasteiger partial charge in [-0.15, -0.1) is 0 Å². The molecule has 1 amide bonds. The molecule has 154 valence electrons. The third-order valence-electron chi connectivity index (χ3n) is 5.11. The Labute approximate surface area is 170 Å². The van der Waals surface area contributed by atoms with Crippen molar-refractivity contribution in [3.05, 3.63) is 18.2 Å². The average molecular weight is 426 g/mol. The molecule has 0 atom stereocenters. The second-order valence-electron chi connectivity index (χ2n) is 7.16. The minimum Gasteiger partial charge on any atom is -0.431 e. The summed E-state index contributed by atoms with van der Waals surface area (Å²) < 4.78 is 31.4. The van der Waals surface area contributed by atoms with Gasteiger partial charge in [0.2, 0.25) is 15.9 Å². The average Bonchev–Trinajstić information content (AvgIpc) is 3.10. The van der Waals surface area contributed by atoms with Gasteiger partial charge in [-0.3, -0.25) is 4.79 Å². The molecular formula is C19H27N3O4S2. The van der Waals surface area contributed by atoms with Crippen molar-refractivity contribution >= 4 is 38.8 Å². The molecule has 9 heteroatoms. The van der Waals surface area contributed by atoms with E-state index in [0.717, 1.165) is 17.1 Å². The fraction of sp³-hybridized carbons (Fsp3) is 0.579. The van der Waals surface area contributed by atoms with Crippen molar-refractivity contribution in [2.45, 2.75) is 55.2 Å². The first kappa shape index (κ1) is 21.1. The summed E-state index contributed by atoms with van der Waals surface area (Å²) in [5, 5.41) is 0.377. The molecule has 28 heavy (non-hydrogen) atoms. The van der Waals surface area contributed by atoms with E-state index in [9.17, 15) is 13.2 Å². The Bertz CT molecular complexity index is 934. The minimum atomic E-state index is -3.53. The predicted molar refractivity (Wildman–Crippen MR) is 110 cm³/mol. The number of hydrogen-bond donors (Lipinski definition) is 0. The van der Waals surface area contributed by atoms with E-state index in [-0.39, 0.29) is 16.6 Å². The number of sulfonamides is 1. The molecule has 2 aromatic rings. The Hall–Kier alpha value is -1.58. The fourth-order valence-electron chi connectivity index (χ4n) is 3.56. The Morgan fingerprint density at radius 1 is 1.25 bits per heavy atom. The SMILES string of the molecule is CCN(C(=O)CSc1nc2cc(S(=O)(=O)N(C)C)ccc2o1)C1CCCCC1. The molecule has 1 aromatic heterocycles. The van der Waals surface area contributed by atoms with Crippen LogP contribution in [0.3, 0.4) is 0 Å². The van der Waals surface area contributed by atoms with Crippen LogP contribution in [0, 0.1) is 0 Å². The van der Waals surface area contributed by atoms with Crippen molar-refractivity contribution in [1.29, 1.82) is 0 Å². The van der Waals surface area contributed by atoms with Crippen LogP contribution >= 0.6 is 11.8 Å². The zero-order valence-corrected chi connectivity index (χ0v) is 18.2. The van der Waals surface area contributed by atoms with Crippen molar-refractivity contribution in [1.82, 2.24) is 14.2 Å². The Morgan fingerprint density at radius 3 is 2.61 bits per heavy atom. The predicted octanol–water partition coefficient (Wildman–Crippen LogP) is 3.35. The van der Waals surface area contributed by atoms with Crippen LogP contribution in [0.1, 0.15) is 39.0 Å². The van der Waals surface area contributed by atoms with E-state index >= 15 is 0 Å². The maximum absolute atomic E-state index is 12.7. The van der Waals surface area contributed by atoms with Crippen molar-refractivity contribution in [2.75, 3.05) is 26.4 Å². The van der Waals surface area contributed by atoms with Crippen LogP contribution in [0.4, 0.5) is 0 Å². The first-order valence-electron chi connectivity index (χ1n) is 9.58. The van der Waals surface area contributed by atoms with Gasteiger partial charge in [0.25, 0.3) is 5.22 Å². The molecule has 0 spiro atoms. The standard InChI is InChI=1S/C19H27N3O4S2/c1-4-22(14-8-6-5-7-9-14)18(23)13-27-19-20-16-12-15(10-11-17(16)26-19)28(24,25)21(2)3/h10-12,14H,4-9,13H2,1-3H3. The number of hydrogen-bond acceptors (Lipinski definition) is 6. The molecule has 1 aliphatic rings. The molecule has 0 bridgehead atoms. The summed E-state index contributed by atoms with van der Waals surface area (Å²) in [5.74, 6) is 0.359. The molecule has 1 aliphatic carbocycles. The van der Waals surface area contributed by atoms with Gasteiger partial charge < -0.3 is 9.32 Å². The number of amides is 1. The van der Waals surface area contributed by atoms with E-state index in [2.05, 4.69) is 4.98 Å². The number of fused-ring (bicyclic) bond motifs is 1.